The molecule has 2 aliphatic heterocycles. The van der Waals surface area contributed by atoms with Gasteiger partial charge in [0, 0.05) is 0 Å². The third-order valence-electron chi connectivity index (χ3n) is 4.91. The lowest BCUT2D eigenvalue weighted by atomic mass is 10.1. The first-order valence-electron chi connectivity index (χ1n) is 11.1. The number of phenols is 1. The lowest BCUT2D eigenvalue weighted by Gasteiger charge is -2.17. The van der Waals surface area contributed by atoms with Crippen molar-refractivity contribution in [2.45, 2.75) is 52.1 Å². The number of aromatic hydroxyl groups is 1. The van der Waals surface area contributed by atoms with Gasteiger partial charge in [-0.25, -0.2) is 9.59 Å². The third kappa shape index (κ3) is 6.46. The van der Waals surface area contributed by atoms with Crippen molar-refractivity contribution in [3.63, 3.8) is 0 Å². The van der Waals surface area contributed by atoms with Gasteiger partial charge < -0.3 is 28.8 Å². The normalized spacial score (nSPS) is 22.6. The summed E-state index contributed by atoms with van der Waals surface area (Å²) in [6.07, 6.45) is -2.21. The molecule has 2 aromatic rings. The monoisotopic (exact) mass is 460 g/mol. The Morgan fingerprint density at radius 3 is 1.55 bits per heavy atom. The number of methoxy groups -OCH3 is 1. The Morgan fingerprint density at radius 1 is 0.758 bits per heavy atom. The molecule has 2 heterocycles. The molecule has 180 valence electrons. The number of esters is 2. The van der Waals surface area contributed by atoms with Crippen LogP contribution in [0.15, 0.2) is 48.5 Å². The molecule has 0 radical (unpaired) electrons. The van der Waals surface area contributed by atoms with Crippen LogP contribution >= 0.6 is 0 Å². The maximum absolute atomic E-state index is 12.4. The summed E-state index contributed by atoms with van der Waals surface area (Å²) in [6.45, 7) is 8.31. The van der Waals surface area contributed by atoms with Crippen molar-refractivity contribution in [3.8, 4) is 11.5 Å². The SMILES string of the molecule is CC.CC.COc1ccc(C(=O)O[C@@H]2CO[C@H]3[C@@H]2OC[C@H]3OC(=O)c2ccc(O)cc2)cc1. The van der Waals surface area contributed by atoms with Crippen LogP contribution in [0.3, 0.4) is 0 Å². The van der Waals surface area contributed by atoms with Crippen LogP contribution in [0.25, 0.3) is 0 Å². The number of hydrogen-bond donors (Lipinski definition) is 1. The number of fused-ring (bicyclic) bond motifs is 1. The van der Waals surface area contributed by atoms with Crippen molar-refractivity contribution in [3.05, 3.63) is 59.7 Å². The summed E-state index contributed by atoms with van der Waals surface area (Å²) >= 11 is 0. The predicted molar refractivity (Wildman–Crippen MR) is 122 cm³/mol. The number of ether oxygens (including phenoxy) is 5. The minimum Gasteiger partial charge on any atom is -0.508 e. The van der Waals surface area contributed by atoms with Crippen LogP contribution in [0.2, 0.25) is 0 Å². The van der Waals surface area contributed by atoms with Crippen molar-refractivity contribution in [2.24, 2.45) is 0 Å². The van der Waals surface area contributed by atoms with Crippen LogP contribution in [0.4, 0.5) is 0 Å². The second-order valence-corrected chi connectivity index (χ2v) is 6.76. The fraction of sp³-hybridized carbons (Fsp3) is 0.440. The zero-order valence-corrected chi connectivity index (χ0v) is 19.6. The molecule has 2 aromatic carbocycles. The summed E-state index contributed by atoms with van der Waals surface area (Å²) in [6, 6.07) is 12.3. The van der Waals surface area contributed by atoms with Gasteiger partial charge in [0.2, 0.25) is 0 Å². The molecule has 0 aliphatic carbocycles. The molecule has 4 rings (SSSR count). The first kappa shape index (κ1) is 26.2. The molecule has 0 bridgehead atoms. The van der Waals surface area contributed by atoms with Gasteiger partial charge in [-0.1, -0.05) is 27.7 Å². The molecule has 0 aromatic heterocycles. The third-order valence-corrected chi connectivity index (χ3v) is 4.91. The van der Waals surface area contributed by atoms with E-state index in [1.165, 1.54) is 24.3 Å². The van der Waals surface area contributed by atoms with E-state index in [0.29, 0.717) is 16.9 Å². The topological polar surface area (TPSA) is 101 Å². The molecule has 0 amide bonds. The van der Waals surface area contributed by atoms with Gasteiger partial charge in [-0.3, -0.25) is 0 Å². The van der Waals surface area contributed by atoms with Crippen LogP contribution in [-0.4, -0.2) is 61.8 Å². The zero-order chi connectivity index (χ0) is 24.4. The van der Waals surface area contributed by atoms with E-state index in [1.54, 1.807) is 31.4 Å². The van der Waals surface area contributed by atoms with Gasteiger partial charge in [0.05, 0.1) is 31.5 Å². The van der Waals surface area contributed by atoms with Crippen molar-refractivity contribution in [1.29, 1.82) is 0 Å². The first-order chi connectivity index (χ1) is 16.0. The summed E-state index contributed by atoms with van der Waals surface area (Å²) in [7, 11) is 1.55. The highest BCUT2D eigenvalue weighted by Crippen LogP contribution is 2.31. The smallest absolute Gasteiger partial charge is 0.338 e. The van der Waals surface area contributed by atoms with E-state index in [2.05, 4.69) is 0 Å². The van der Waals surface area contributed by atoms with Crippen molar-refractivity contribution in [1.82, 2.24) is 0 Å². The van der Waals surface area contributed by atoms with Crippen molar-refractivity contribution in [2.75, 3.05) is 20.3 Å². The number of benzene rings is 2. The molecular formula is C25H32O8. The van der Waals surface area contributed by atoms with Gasteiger partial charge in [0.25, 0.3) is 0 Å². The summed E-state index contributed by atoms with van der Waals surface area (Å²) < 4.78 is 27.5. The number of hydrogen-bond acceptors (Lipinski definition) is 8. The number of rotatable bonds is 5. The van der Waals surface area contributed by atoms with Gasteiger partial charge in [0.1, 0.15) is 23.7 Å². The fourth-order valence-electron chi connectivity index (χ4n) is 3.37. The summed E-state index contributed by atoms with van der Waals surface area (Å²) in [4.78, 5) is 24.7. The Morgan fingerprint density at radius 2 is 1.15 bits per heavy atom. The highest BCUT2D eigenvalue weighted by molar-refractivity contribution is 5.90. The van der Waals surface area contributed by atoms with E-state index in [-0.39, 0.29) is 19.0 Å². The fourth-order valence-corrected chi connectivity index (χ4v) is 3.37. The summed E-state index contributed by atoms with van der Waals surface area (Å²) in [5.41, 5.74) is 0.703. The van der Waals surface area contributed by atoms with Crippen LogP contribution in [-0.2, 0) is 18.9 Å². The van der Waals surface area contributed by atoms with E-state index < -0.39 is 36.4 Å². The largest absolute Gasteiger partial charge is 0.508 e. The molecule has 8 heteroatoms. The molecule has 0 unspecified atom stereocenters. The van der Waals surface area contributed by atoms with Gasteiger partial charge in [0.15, 0.2) is 12.2 Å². The number of carbonyl (C=O) groups excluding carboxylic acids is 2. The molecule has 2 fully saturated rings. The average Bonchev–Trinajstić information content (AvgIpc) is 3.45. The summed E-state index contributed by atoms with van der Waals surface area (Å²) in [5, 5.41) is 9.32. The first-order valence-corrected chi connectivity index (χ1v) is 11.1. The molecule has 4 atom stereocenters. The van der Waals surface area contributed by atoms with Gasteiger partial charge in [-0.15, -0.1) is 0 Å². The van der Waals surface area contributed by atoms with Crippen LogP contribution in [0.5, 0.6) is 11.5 Å². The molecular weight excluding hydrogens is 428 g/mol. The minimum atomic E-state index is -0.606. The van der Waals surface area contributed by atoms with Crippen LogP contribution in [0.1, 0.15) is 48.4 Å². The molecule has 0 saturated carbocycles. The van der Waals surface area contributed by atoms with Gasteiger partial charge in [-0.05, 0) is 48.5 Å². The second-order valence-electron chi connectivity index (χ2n) is 6.76. The molecule has 1 N–H and O–H groups in total. The Kier molecular flexibility index (Phi) is 10.2. The Bertz CT molecular complexity index is 878. The van der Waals surface area contributed by atoms with E-state index in [4.69, 9.17) is 23.7 Å². The van der Waals surface area contributed by atoms with E-state index in [1.807, 2.05) is 27.7 Å². The van der Waals surface area contributed by atoms with E-state index >= 15 is 0 Å². The molecule has 33 heavy (non-hydrogen) atoms. The Labute approximate surface area is 194 Å². The predicted octanol–water partition coefficient (Wildman–Crippen LogP) is 4.00. The van der Waals surface area contributed by atoms with Crippen molar-refractivity contribution < 1.29 is 38.4 Å². The highest BCUT2D eigenvalue weighted by Gasteiger charge is 2.51. The van der Waals surface area contributed by atoms with Crippen molar-refractivity contribution >= 4 is 11.9 Å². The summed E-state index contributed by atoms with van der Waals surface area (Å²) in [5.74, 6) is -0.328. The van der Waals surface area contributed by atoms with Gasteiger partial charge >= 0.3 is 11.9 Å². The Balaban J connectivity index is 0.000000914. The molecule has 8 nitrogen and oxygen atoms in total. The highest BCUT2D eigenvalue weighted by atomic mass is 16.7. The lowest BCUT2D eigenvalue weighted by molar-refractivity contribution is -0.0287. The standard InChI is InChI=1S/C21H20O8.2C2H6/c1-25-15-8-4-13(5-9-15)21(24)29-17-11-27-18-16(10-26-19(17)18)28-20(23)12-2-6-14(22)7-3-12;2*1-2/h2-9,16-19,22H,10-11H2,1H3;2*1-2H3/t16-,17-,18-,19-;;/m1../s1. The quantitative estimate of drug-likeness (QED) is 0.669. The maximum Gasteiger partial charge on any atom is 0.338 e. The minimum absolute atomic E-state index is 0.0615. The van der Waals surface area contributed by atoms with E-state index in [9.17, 15) is 14.7 Å². The van der Waals surface area contributed by atoms with E-state index in [0.717, 1.165) is 0 Å². The van der Waals surface area contributed by atoms with Gasteiger partial charge in [-0.2, -0.15) is 0 Å². The zero-order valence-electron chi connectivity index (χ0n) is 19.6. The Hall–Kier alpha value is -3.10. The second kappa shape index (κ2) is 12.8. The number of carbonyl (C=O) groups is 2. The van der Waals surface area contributed by atoms with Crippen LogP contribution < -0.4 is 4.74 Å². The van der Waals surface area contributed by atoms with Crippen LogP contribution in [0, 0.1) is 0 Å². The molecule has 2 aliphatic rings. The maximum atomic E-state index is 12.4. The molecule has 2 saturated heterocycles. The average molecular weight is 461 g/mol. The lowest BCUT2D eigenvalue weighted by Crippen LogP contribution is -2.36. The molecule has 0 spiro atoms. The number of phenolic OH excluding ortho intramolecular Hbond substituents is 1.